The second kappa shape index (κ2) is 6.99. The Kier molecular flexibility index (Phi) is 5.62. The zero-order valence-corrected chi connectivity index (χ0v) is 10.9. The third kappa shape index (κ3) is 4.35. The first-order chi connectivity index (χ1) is 8.54. The number of unbranched alkanes of at least 4 members (excludes halogenated alkanes) is 2. The molecule has 0 saturated heterocycles. The van der Waals surface area contributed by atoms with E-state index >= 15 is 0 Å². The lowest BCUT2D eigenvalue weighted by atomic mass is 10.1. The summed E-state index contributed by atoms with van der Waals surface area (Å²) in [7, 11) is 0. The standard InChI is InChI=1S/C14H20FNO2/c1-3-4-5-6-10(2)16-11-7-8-12(14(17)18)13(15)9-11/h7-10,16H,3-6H2,1-2H3,(H,17,18). The lowest BCUT2D eigenvalue weighted by molar-refractivity contribution is 0.0692. The van der Waals surface area contributed by atoms with Crippen LogP contribution in [0.4, 0.5) is 10.1 Å². The van der Waals surface area contributed by atoms with Crippen LogP contribution < -0.4 is 5.32 Å². The van der Waals surface area contributed by atoms with Gasteiger partial charge in [-0.2, -0.15) is 0 Å². The Morgan fingerprint density at radius 3 is 2.72 bits per heavy atom. The monoisotopic (exact) mass is 253 g/mol. The van der Waals surface area contributed by atoms with Crippen molar-refractivity contribution in [1.29, 1.82) is 0 Å². The molecule has 0 radical (unpaired) electrons. The molecule has 1 rings (SSSR count). The largest absolute Gasteiger partial charge is 0.478 e. The van der Waals surface area contributed by atoms with Crippen LogP contribution in [0.3, 0.4) is 0 Å². The van der Waals surface area contributed by atoms with Crippen LogP contribution in [0.15, 0.2) is 18.2 Å². The Labute approximate surface area is 107 Å². The van der Waals surface area contributed by atoms with Gasteiger partial charge >= 0.3 is 5.97 Å². The van der Waals surface area contributed by atoms with Crippen molar-refractivity contribution in [1.82, 2.24) is 0 Å². The Balaban J connectivity index is 2.57. The van der Waals surface area contributed by atoms with Crippen LogP contribution in [0.5, 0.6) is 0 Å². The predicted octanol–water partition coefficient (Wildman–Crippen LogP) is 3.90. The predicted molar refractivity (Wildman–Crippen MR) is 70.6 cm³/mol. The molecule has 0 aliphatic carbocycles. The topological polar surface area (TPSA) is 49.3 Å². The Hall–Kier alpha value is -1.58. The van der Waals surface area contributed by atoms with Gasteiger partial charge < -0.3 is 10.4 Å². The number of aromatic carboxylic acids is 1. The summed E-state index contributed by atoms with van der Waals surface area (Å²) >= 11 is 0. The second-order valence-electron chi connectivity index (χ2n) is 4.54. The molecule has 1 aromatic carbocycles. The summed E-state index contributed by atoms with van der Waals surface area (Å²) in [5, 5.41) is 11.9. The average molecular weight is 253 g/mol. The van der Waals surface area contributed by atoms with Crippen molar-refractivity contribution in [2.45, 2.75) is 45.6 Å². The molecule has 1 aromatic rings. The lowest BCUT2D eigenvalue weighted by Gasteiger charge is -2.15. The maximum absolute atomic E-state index is 13.4. The third-order valence-corrected chi connectivity index (χ3v) is 2.85. The molecule has 0 saturated carbocycles. The fraction of sp³-hybridized carbons (Fsp3) is 0.500. The zero-order chi connectivity index (χ0) is 13.5. The molecule has 3 nitrogen and oxygen atoms in total. The summed E-state index contributed by atoms with van der Waals surface area (Å²) in [5.74, 6) is -1.94. The average Bonchev–Trinajstić information content (AvgIpc) is 2.28. The first kappa shape index (κ1) is 14.5. The zero-order valence-electron chi connectivity index (χ0n) is 10.9. The molecular formula is C14H20FNO2. The summed E-state index contributed by atoms with van der Waals surface area (Å²) in [6.07, 6.45) is 4.53. The van der Waals surface area contributed by atoms with Crippen LogP contribution in [0, 0.1) is 5.82 Å². The minimum absolute atomic E-state index is 0.256. The van der Waals surface area contributed by atoms with E-state index in [0.717, 1.165) is 12.8 Å². The van der Waals surface area contributed by atoms with Gasteiger partial charge in [0.15, 0.2) is 0 Å². The van der Waals surface area contributed by atoms with Gasteiger partial charge in [-0.25, -0.2) is 9.18 Å². The third-order valence-electron chi connectivity index (χ3n) is 2.85. The molecule has 2 N–H and O–H groups in total. The smallest absolute Gasteiger partial charge is 0.338 e. The molecule has 0 fully saturated rings. The van der Waals surface area contributed by atoms with Crippen molar-refractivity contribution >= 4 is 11.7 Å². The Morgan fingerprint density at radius 2 is 2.17 bits per heavy atom. The quantitative estimate of drug-likeness (QED) is 0.724. The van der Waals surface area contributed by atoms with Crippen molar-refractivity contribution in [3.05, 3.63) is 29.6 Å². The molecule has 0 bridgehead atoms. The fourth-order valence-electron chi connectivity index (χ4n) is 1.84. The van der Waals surface area contributed by atoms with Gasteiger partial charge in [-0.3, -0.25) is 0 Å². The highest BCUT2D eigenvalue weighted by Crippen LogP contribution is 2.16. The molecule has 100 valence electrons. The first-order valence-electron chi connectivity index (χ1n) is 6.34. The van der Waals surface area contributed by atoms with E-state index in [9.17, 15) is 9.18 Å². The van der Waals surface area contributed by atoms with E-state index in [1.54, 1.807) is 6.07 Å². The van der Waals surface area contributed by atoms with Crippen LogP contribution in [0.1, 0.15) is 49.9 Å². The van der Waals surface area contributed by atoms with Gasteiger partial charge in [0.05, 0.1) is 5.56 Å². The van der Waals surface area contributed by atoms with Crippen LogP contribution in [0.2, 0.25) is 0 Å². The number of hydrogen-bond donors (Lipinski definition) is 2. The van der Waals surface area contributed by atoms with Crippen LogP contribution in [-0.4, -0.2) is 17.1 Å². The Bertz CT molecular complexity index is 407. The maximum Gasteiger partial charge on any atom is 0.338 e. The molecule has 0 aromatic heterocycles. The molecule has 0 aliphatic rings. The number of nitrogens with one attached hydrogen (secondary N) is 1. The normalized spacial score (nSPS) is 12.2. The number of benzene rings is 1. The highest BCUT2D eigenvalue weighted by Gasteiger charge is 2.11. The van der Waals surface area contributed by atoms with E-state index in [1.807, 2.05) is 6.92 Å². The number of carbonyl (C=O) groups is 1. The SMILES string of the molecule is CCCCCC(C)Nc1ccc(C(=O)O)c(F)c1. The fourth-order valence-corrected chi connectivity index (χ4v) is 1.84. The highest BCUT2D eigenvalue weighted by atomic mass is 19.1. The van der Waals surface area contributed by atoms with Gasteiger partial charge in [-0.05, 0) is 31.5 Å². The molecule has 0 aliphatic heterocycles. The molecule has 18 heavy (non-hydrogen) atoms. The van der Waals surface area contributed by atoms with Gasteiger partial charge in [-0.15, -0.1) is 0 Å². The van der Waals surface area contributed by atoms with Crippen molar-refractivity contribution in [2.75, 3.05) is 5.32 Å². The Morgan fingerprint density at radius 1 is 1.44 bits per heavy atom. The van der Waals surface area contributed by atoms with E-state index in [4.69, 9.17) is 5.11 Å². The summed E-state index contributed by atoms with van der Waals surface area (Å²) in [6.45, 7) is 4.19. The molecule has 0 amide bonds. The van der Waals surface area contributed by atoms with Gasteiger partial charge in [0.1, 0.15) is 5.82 Å². The van der Waals surface area contributed by atoms with Crippen molar-refractivity contribution in [3.8, 4) is 0 Å². The lowest BCUT2D eigenvalue weighted by Crippen LogP contribution is -2.15. The molecular weight excluding hydrogens is 233 g/mol. The van der Waals surface area contributed by atoms with Crippen molar-refractivity contribution in [2.24, 2.45) is 0 Å². The molecule has 4 heteroatoms. The number of carboxylic acid groups (broad SMARTS) is 1. The number of anilines is 1. The van der Waals surface area contributed by atoms with Crippen LogP contribution in [0.25, 0.3) is 0 Å². The van der Waals surface area contributed by atoms with E-state index in [2.05, 4.69) is 12.2 Å². The minimum Gasteiger partial charge on any atom is -0.478 e. The van der Waals surface area contributed by atoms with Gasteiger partial charge in [0.25, 0.3) is 0 Å². The first-order valence-corrected chi connectivity index (χ1v) is 6.34. The van der Waals surface area contributed by atoms with Gasteiger partial charge in [0, 0.05) is 11.7 Å². The number of halogens is 1. The van der Waals surface area contributed by atoms with Crippen molar-refractivity contribution < 1.29 is 14.3 Å². The highest BCUT2D eigenvalue weighted by molar-refractivity contribution is 5.88. The van der Waals surface area contributed by atoms with Gasteiger partial charge in [-0.1, -0.05) is 26.2 Å². The summed E-state index contributed by atoms with van der Waals surface area (Å²) in [6, 6.07) is 4.38. The number of rotatable bonds is 7. The second-order valence-corrected chi connectivity index (χ2v) is 4.54. The van der Waals surface area contributed by atoms with Crippen LogP contribution in [-0.2, 0) is 0 Å². The molecule has 1 atom stereocenters. The molecule has 1 unspecified atom stereocenters. The maximum atomic E-state index is 13.4. The van der Waals surface area contributed by atoms with E-state index < -0.39 is 11.8 Å². The minimum atomic E-state index is -1.24. The van der Waals surface area contributed by atoms with Gasteiger partial charge in [0.2, 0.25) is 0 Å². The van der Waals surface area contributed by atoms with E-state index in [0.29, 0.717) is 5.69 Å². The molecule has 0 heterocycles. The summed E-state index contributed by atoms with van der Waals surface area (Å²) in [5.41, 5.74) is 0.334. The molecule has 0 spiro atoms. The van der Waals surface area contributed by atoms with Crippen molar-refractivity contribution in [3.63, 3.8) is 0 Å². The van der Waals surface area contributed by atoms with E-state index in [1.165, 1.54) is 25.0 Å². The number of hydrogen-bond acceptors (Lipinski definition) is 2. The van der Waals surface area contributed by atoms with E-state index in [-0.39, 0.29) is 11.6 Å². The van der Waals surface area contributed by atoms with Crippen LogP contribution >= 0.6 is 0 Å². The number of carboxylic acids is 1. The summed E-state index contributed by atoms with van der Waals surface area (Å²) < 4.78 is 13.4. The summed E-state index contributed by atoms with van der Waals surface area (Å²) in [4.78, 5) is 10.7.